The fourth-order valence-corrected chi connectivity index (χ4v) is 2.94. The smallest absolute Gasteiger partial charge is 0.251 e. The van der Waals surface area contributed by atoms with Crippen LogP contribution in [0.2, 0.25) is 0 Å². The number of aromatic carboxylic acids is 1. The number of nitrogens with zero attached hydrogens (tertiary/aromatic N) is 1. The highest BCUT2D eigenvalue weighted by atomic mass is 16.4. The van der Waals surface area contributed by atoms with Gasteiger partial charge in [-0.15, -0.1) is 0 Å². The summed E-state index contributed by atoms with van der Waals surface area (Å²) in [7, 11) is 0. The highest BCUT2D eigenvalue weighted by Gasteiger charge is 2.14. The van der Waals surface area contributed by atoms with Crippen molar-refractivity contribution in [1.29, 1.82) is 0 Å². The lowest BCUT2D eigenvalue weighted by Crippen LogP contribution is -2.24. The predicted molar refractivity (Wildman–Crippen MR) is 95.6 cm³/mol. The molecular weight excluding hydrogens is 316 g/mol. The van der Waals surface area contributed by atoms with E-state index in [0.29, 0.717) is 28.5 Å². The topological polar surface area (TPSA) is 73.6 Å². The van der Waals surface area contributed by atoms with E-state index in [1.165, 1.54) is 5.57 Å². The molecule has 0 atom stereocenters. The molecular formula is C20H19N2O3-. The third kappa shape index (κ3) is 3.26. The van der Waals surface area contributed by atoms with Crippen molar-refractivity contribution in [3.63, 3.8) is 0 Å². The van der Waals surface area contributed by atoms with Gasteiger partial charge in [-0.25, -0.2) is 0 Å². The highest BCUT2D eigenvalue weighted by molar-refractivity contribution is 6.11. The van der Waals surface area contributed by atoms with Gasteiger partial charge in [0.1, 0.15) is 0 Å². The maximum atomic E-state index is 12.3. The molecule has 0 unspecified atom stereocenters. The SMILES string of the molecule is CC(C)=CCCNC(=O)c1ccc2c(C(=O)[O-])c3ccccn3c2c1. The summed E-state index contributed by atoms with van der Waals surface area (Å²) >= 11 is 0. The van der Waals surface area contributed by atoms with E-state index in [4.69, 9.17) is 0 Å². The average molecular weight is 335 g/mol. The first-order valence-electron chi connectivity index (χ1n) is 8.14. The summed E-state index contributed by atoms with van der Waals surface area (Å²) in [6.07, 6.45) is 4.62. The standard InChI is InChI=1S/C20H20N2O3/c1-13(2)6-5-10-21-19(23)14-8-9-15-17(12-14)22-11-4-3-7-16(22)18(15)20(24)25/h3-4,6-9,11-12H,5,10H2,1-2H3,(H,21,23)(H,24,25)/p-1. The van der Waals surface area contributed by atoms with Gasteiger partial charge in [-0.1, -0.05) is 23.8 Å². The van der Waals surface area contributed by atoms with Gasteiger partial charge < -0.3 is 19.6 Å². The number of amides is 1. The fraction of sp³-hybridized carbons (Fsp3) is 0.200. The van der Waals surface area contributed by atoms with Crippen LogP contribution < -0.4 is 10.4 Å². The van der Waals surface area contributed by atoms with Gasteiger partial charge in [0.05, 0.1) is 17.0 Å². The van der Waals surface area contributed by atoms with Crippen molar-refractivity contribution in [2.24, 2.45) is 0 Å². The van der Waals surface area contributed by atoms with Gasteiger partial charge in [0.15, 0.2) is 0 Å². The van der Waals surface area contributed by atoms with Crippen molar-refractivity contribution in [1.82, 2.24) is 9.72 Å². The summed E-state index contributed by atoms with van der Waals surface area (Å²) in [5, 5.41) is 15.0. The van der Waals surface area contributed by atoms with Gasteiger partial charge in [0.25, 0.3) is 5.91 Å². The van der Waals surface area contributed by atoms with Crippen LogP contribution in [0.25, 0.3) is 16.4 Å². The Kier molecular flexibility index (Phi) is 4.57. The number of pyridine rings is 1. The summed E-state index contributed by atoms with van der Waals surface area (Å²) in [5.41, 5.74) is 3.08. The summed E-state index contributed by atoms with van der Waals surface area (Å²) in [5.74, 6) is -1.40. The van der Waals surface area contributed by atoms with Gasteiger partial charge in [0.2, 0.25) is 0 Å². The number of benzene rings is 1. The van der Waals surface area contributed by atoms with Crippen molar-refractivity contribution in [3.8, 4) is 0 Å². The predicted octanol–water partition coefficient (Wildman–Crippen LogP) is 2.54. The quantitative estimate of drug-likeness (QED) is 0.575. The number of hydrogen-bond donors (Lipinski definition) is 1. The molecule has 3 aromatic rings. The number of aromatic nitrogens is 1. The Morgan fingerprint density at radius 1 is 1.16 bits per heavy atom. The number of fused-ring (bicyclic) bond motifs is 3. The Balaban J connectivity index is 1.97. The van der Waals surface area contributed by atoms with Crippen LogP contribution in [0.15, 0.2) is 54.2 Å². The number of allylic oxidation sites excluding steroid dienone is 1. The van der Waals surface area contributed by atoms with Crippen LogP contribution in [-0.2, 0) is 0 Å². The number of carbonyl (C=O) groups is 2. The van der Waals surface area contributed by atoms with E-state index in [-0.39, 0.29) is 11.5 Å². The Morgan fingerprint density at radius 2 is 1.96 bits per heavy atom. The summed E-state index contributed by atoms with van der Waals surface area (Å²) < 4.78 is 1.76. The lowest BCUT2D eigenvalue weighted by Gasteiger charge is -2.05. The van der Waals surface area contributed by atoms with Crippen LogP contribution in [-0.4, -0.2) is 22.8 Å². The largest absolute Gasteiger partial charge is 0.545 e. The normalized spacial score (nSPS) is 10.8. The van der Waals surface area contributed by atoms with Crippen molar-refractivity contribution in [3.05, 3.63) is 65.4 Å². The van der Waals surface area contributed by atoms with Gasteiger partial charge in [-0.2, -0.15) is 0 Å². The molecule has 128 valence electrons. The maximum absolute atomic E-state index is 12.3. The zero-order valence-corrected chi connectivity index (χ0v) is 14.2. The first-order chi connectivity index (χ1) is 12.0. The molecule has 0 aliphatic carbocycles. The second kappa shape index (κ2) is 6.81. The molecule has 1 aromatic carbocycles. The lowest BCUT2D eigenvalue weighted by atomic mass is 10.1. The number of nitrogens with one attached hydrogen (secondary N) is 1. The molecule has 2 heterocycles. The zero-order valence-electron chi connectivity index (χ0n) is 14.2. The van der Waals surface area contributed by atoms with Crippen molar-refractivity contribution >= 4 is 28.3 Å². The van der Waals surface area contributed by atoms with Crippen LogP contribution in [0, 0.1) is 0 Å². The van der Waals surface area contributed by atoms with Crippen LogP contribution in [0.4, 0.5) is 0 Å². The maximum Gasteiger partial charge on any atom is 0.251 e. The lowest BCUT2D eigenvalue weighted by molar-refractivity contribution is -0.254. The number of hydrogen-bond acceptors (Lipinski definition) is 3. The Morgan fingerprint density at radius 3 is 2.68 bits per heavy atom. The number of rotatable bonds is 5. The van der Waals surface area contributed by atoms with E-state index in [1.807, 2.05) is 19.9 Å². The van der Waals surface area contributed by atoms with E-state index < -0.39 is 5.97 Å². The molecule has 0 spiro atoms. The Labute approximate surface area is 145 Å². The molecule has 5 heteroatoms. The van der Waals surface area contributed by atoms with Gasteiger partial charge in [0, 0.05) is 29.3 Å². The molecule has 0 aliphatic heterocycles. The molecule has 1 N–H and O–H groups in total. The number of carboxylic acids is 1. The minimum absolute atomic E-state index is 0.145. The zero-order chi connectivity index (χ0) is 18.0. The monoisotopic (exact) mass is 335 g/mol. The molecule has 0 fully saturated rings. The van der Waals surface area contributed by atoms with Crippen molar-refractivity contribution in [2.75, 3.05) is 6.54 Å². The fourth-order valence-electron chi connectivity index (χ4n) is 2.94. The van der Waals surface area contributed by atoms with Gasteiger partial charge >= 0.3 is 0 Å². The van der Waals surface area contributed by atoms with Crippen LogP contribution >= 0.6 is 0 Å². The molecule has 0 saturated carbocycles. The van der Waals surface area contributed by atoms with Crippen LogP contribution in [0.3, 0.4) is 0 Å². The molecule has 0 bridgehead atoms. The summed E-state index contributed by atoms with van der Waals surface area (Å²) in [6, 6.07) is 10.3. The minimum atomic E-state index is -1.22. The van der Waals surface area contributed by atoms with Crippen molar-refractivity contribution in [2.45, 2.75) is 20.3 Å². The van der Waals surface area contributed by atoms with E-state index >= 15 is 0 Å². The average Bonchev–Trinajstić information content (AvgIpc) is 2.92. The van der Waals surface area contributed by atoms with Gasteiger partial charge in [-0.3, -0.25) is 4.79 Å². The third-order valence-electron chi connectivity index (χ3n) is 4.09. The second-order valence-electron chi connectivity index (χ2n) is 6.18. The molecule has 0 aliphatic rings. The van der Waals surface area contributed by atoms with Crippen LogP contribution in [0.1, 0.15) is 41.0 Å². The van der Waals surface area contributed by atoms with E-state index in [0.717, 1.165) is 6.42 Å². The Hall–Kier alpha value is -3.08. The molecule has 3 rings (SSSR count). The highest BCUT2D eigenvalue weighted by Crippen LogP contribution is 2.27. The number of carbonyl (C=O) groups excluding carboxylic acids is 2. The molecule has 25 heavy (non-hydrogen) atoms. The first-order valence-corrected chi connectivity index (χ1v) is 8.14. The molecule has 5 nitrogen and oxygen atoms in total. The summed E-state index contributed by atoms with van der Waals surface area (Å²) in [4.78, 5) is 23.9. The van der Waals surface area contributed by atoms with E-state index in [2.05, 4.69) is 11.4 Å². The second-order valence-corrected chi connectivity index (χ2v) is 6.18. The minimum Gasteiger partial charge on any atom is -0.545 e. The van der Waals surface area contributed by atoms with Crippen molar-refractivity contribution < 1.29 is 14.7 Å². The molecule has 0 radical (unpaired) electrons. The third-order valence-corrected chi connectivity index (χ3v) is 4.09. The van der Waals surface area contributed by atoms with E-state index in [1.54, 1.807) is 40.9 Å². The van der Waals surface area contributed by atoms with Crippen LogP contribution in [0.5, 0.6) is 0 Å². The molecule has 0 saturated heterocycles. The summed E-state index contributed by atoms with van der Waals surface area (Å²) in [6.45, 7) is 4.59. The molecule has 2 aromatic heterocycles. The first kappa shape index (κ1) is 16.8. The number of carboxylic acid groups (broad SMARTS) is 1. The molecule has 1 amide bonds. The van der Waals surface area contributed by atoms with E-state index in [9.17, 15) is 14.7 Å². The van der Waals surface area contributed by atoms with Gasteiger partial charge in [-0.05, 0) is 44.5 Å². The Bertz CT molecular complexity index is 995.